The lowest BCUT2D eigenvalue weighted by Gasteiger charge is -2.36. The molecular formula is C27H34ClN3O5. The Kier molecular flexibility index (Phi) is 9.58. The van der Waals surface area contributed by atoms with E-state index in [1.807, 2.05) is 36.1 Å². The zero-order valence-electron chi connectivity index (χ0n) is 20.7. The average molecular weight is 516 g/mol. The summed E-state index contributed by atoms with van der Waals surface area (Å²) in [5.41, 5.74) is 1.76. The van der Waals surface area contributed by atoms with E-state index in [0.29, 0.717) is 62.3 Å². The Bertz CT molecular complexity index is 995. The Balaban J connectivity index is 1.35. The summed E-state index contributed by atoms with van der Waals surface area (Å²) in [6, 6.07) is 14.6. The van der Waals surface area contributed by atoms with Gasteiger partial charge in [-0.15, -0.1) is 0 Å². The summed E-state index contributed by atoms with van der Waals surface area (Å²) >= 11 is 5.91. The van der Waals surface area contributed by atoms with Crippen LogP contribution in [0.2, 0.25) is 5.02 Å². The van der Waals surface area contributed by atoms with Crippen LogP contribution in [0.3, 0.4) is 0 Å². The number of hydrogen-bond acceptors (Lipinski definition) is 6. The van der Waals surface area contributed by atoms with Gasteiger partial charge in [0, 0.05) is 56.4 Å². The molecule has 2 aliphatic rings. The van der Waals surface area contributed by atoms with Gasteiger partial charge in [0.25, 0.3) is 11.8 Å². The van der Waals surface area contributed by atoms with Crippen LogP contribution in [0.25, 0.3) is 0 Å². The number of carbonyl (C=O) groups is 2. The van der Waals surface area contributed by atoms with Gasteiger partial charge in [-0.05, 0) is 43.3 Å². The zero-order chi connectivity index (χ0) is 25.3. The zero-order valence-corrected chi connectivity index (χ0v) is 21.5. The van der Waals surface area contributed by atoms with Crippen molar-refractivity contribution in [1.29, 1.82) is 0 Å². The molecule has 2 amide bonds. The summed E-state index contributed by atoms with van der Waals surface area (Å²) in [6.45, 7) is 8.21. The number of nitrogens with zero attached hydrogens (tertiary/aromatic N) is 3. The molecular weight excluding hydrogens is 482 g/mol. The molecule has 0 radical (unpaired) electrons. The van der Waals surface area contributed by atoms with E-state index in [0.717, 1.165) is 25.2 Å². The van der Waals surface area contributed by atoms with Gasteiger partial charge in [0.2, 0.25) is 0 Å². The first-order valence-corrected chi connectivity index (χ1v) is 12.8. The van der Waals surface area contributed by atoms with Gasteiger partial charge < -0.3 is 24.0 Å². The second-order valence-corrected chi connectivity index (χ2v) is 9.58. The van der Waals surface area contributed by atoms with Gasteiger partial charge in [-0.25, -0.2) is 0 Å². The van der Waals surface area contributed by atoms with Crippen LogP contribution in [0.5, 0.6) is 5.75 Å². The maximum atomic E-state index is 13.4. The van der Waals surface area contributed by atoms with E-state index in [2.05, 4.69) is 4.90 Å². The SMILES string of the molecule is Cc1ccc(C(=O)N(CCN2CCOCC2)CC2CN(C(=O)COc3ccc(Cl)cc3)CCO2)cc1. The average Bonchev–Trinajstić information content (AvgIpc) is 2.91. The van der Waals surface area contributed by atoms with Crippen molar-refractivity contribution in [1.82, 2.24) is 14.7 Å². The summed E-state index contributed by atoms with van der Waals surface area (Å²) in [5.74, 6) is 0.458. The van der Waals surface area contributed by atoms with Crippen molar-refractivity contribution in [3.63, 3.8) is 0 Å². The van der Waals surface area contributed by atoms with Gasteiger partial charge in [-0.3, -0.25) is 14.5 Å². The van der Waals surface area contributed by atoms with Crippen LogP contribution in [-0.2, 0) is 14.3 Å². The summed E-state index contributed by atoms with van der Waals surface area (Å²) in [7, 11) is 0. The van der Waals surface area contributed by atoms with E-state index in [1.54, 1.807) is 29.2 Å². The standard InChI is InChI=1S/C27H34ClN3O5/c1-21-2-4-22(5-3-21)27(33)31(11-10-29-12-15-34-16-13-29)19-25-18-30(14-17-35-25)26(32)20-36-24-8-6-23(28)7-9-24/h2-9,25H,10-20H2,1H3. The molecule has 8 nitrogen and oxygen atoms in total. The molecule has 0 aliphatic carbocycles. The highest BCUT2D eigenvalue weighted by atomic mass is 35.5. The van der Waals surface area contributed by atoms with Crippen molar-refractivity contribution >= 4 is 23.4 Å². The largest absolute Gasteiger partial charge is 0.484 e. The predicted molar refractivity (Wildman–Crippen MR) is 138 cm³/mol. The van der Waals surface area contributed by atoms with Crippen LogP contribution >= 0.6 is 11.6 Å². The fourth-order valence-corrected chi connectivity index (χ4v) is 4.44. The van der Waals surface area contributed by atoms with Crippen molar-refractivity contribution in [2.24, 2.45) is 0 Å². The highest BCUT2D eigenvalue weighted by Crippen LogP contribution is 2.16. The minimum absolute atomic E-state index is 0.0265. The maximum absolute atomic E-state index is 13.4. The van der Waals surface area contributed by atoms with Crippen LogP contribution in [0, 0.1) is 6.92 Å². The number of halogens is 1. The number of hydrogen-bond donors (Lipinski definition) is 0. The van der Waals surface area contributed by atoms with Crippen molar-refractivity contribution in [3.05, 3.63) is 64.7 Å². The molecule has 0 bridgehead atoms. The normalized spacial score (nSPS) is 18.6. The summed E-state index contributed by atoms with van der Waals surface area (Å²) in [5, 5.41) is 0.614. The second-order valence-electron chi connectivity index (χ2n) is 9.15. The molecule has 2 saturated heterocycles. The van der Waals surface area contributed by atoms with Crippen LogP contribution < -0.4 is 4.74 Å². The third kappa shape index (κ3) is 7.67. The fourth-order valence-electron chi connectivity index (χ4n) is 4.31. The van der Waals surface area contributed by atoms with Gasteiger partial charge in [0.1, 0.15) is 5.75 Å². The molecule has 36 heavy (non-hydrogen) atoms. The highest BCUT2D eigenvalue weighted by Gasteiger charge is 2.28. The summed E-state index contributed by atoms with van der Waals surface area (Å²) in [6.07, 6.45) is -0.266. The first-order chi connectivity index (χ1) is 17.5. The maximum Gasteiger partial charge on any atom is 0.260 e. The number of amides is 2. The number of ether oxygens (including phenoxy) is 3. The first-order valence-electron chi connectivity index (χ1n) is 12.4. The Labute approximate surface area is 217 Å². The molecule has 1 unspecified atom stereocenters. The highest BCUT2D eigenvalue weighted by molar-refractivity contribution is 6.30. The molecule has 2 fully saturated rings. The molecule has 0 aromatic heterocycles. The van der Waals surface area contributed by atoms with E-state index in [9.17, 15) is 9.59 Å². The predicted octanol–water partition coefficient (Wildman–Crippen LogP) is 2.73. The first kappa shape index (κ1) is 26.4. The van der Waals surface area contributed by atoms with E-state index in [1.165, 1.54) is 0 Å². The lowest BCUT2D eigenvalue weighted by Crippen LogP contribution is -2.52. The Morgan fingerprint density at radius 1 is 1.03 bits per heavy atom. The van der Waals surface area contributed by atoms with Crippen molar-refractivity contribution in [3.8, 4) is 5.75 Å². The molecule has 194 valence electrons. The molecule has 2 aromatic rings. The fraction of sp³-hybridized carbons (Fsp3) is 0.481. The molecule has 0 N–H and O–H groups in total. The van der Waals surface area contributed by atoms with Crippen molar-refractivity contribution in [2.75, 3.05) is 72.2 Å². The van der Waals surface area contributed by atoms with Crippen LogP contribution in [0.1, 0.15) is 15.9 Å². The van der Waals surface area contributed by atoms with Gasteiger partial charge in [-0.2, -0.15) is 0 Å². The molecule has 0 saturated carbocycles. The Morgan fingerprint density at radius 3 is 2.47 bits per heavy atom. The number of rotatable bonds is 9. The third-order valence-corrected chi connectivity index (χ3v) is 6.72. The van der Waals surface area contributed by atoms with E-state index in [-0.39, 0.29) is 24.5 Å². The monoisotopic (exact) mass is 515 g/mol. The topological polar surface area (TPSA) is 71.6 Å². The second kappa shape index (κ2) is 13.1. The van der Waals surface area contributed by atoms with Crippen LogP contribution in [-0.4, -0.2) is 105 Å². The molecule has 1 atom stereocenters. The quantitative estimate of drug-likeness (QED) is 0.511. The molecule has 0 spiro atoms. The minimum Gasteiger partial charge on any atom is -0.484 e. The van der Waals surface area contributed by atoms with Crippen LogP contribution in [0.15, 0.2) is 48.5 Å². The number of benzene rings is 2. The van der Waals surface area contributed by atoms with E-state index in [4.69, 9.17) is 25.8 Å². The smallest absolute Gasteiger partial charge is 0.260 e. The van der Waals surface area contributed by atoms with E-state index < -0.39 is 0 Å². The summed E-state index contributed by atoms with van der Waals surface area (Å²) < 4.78 is 17.1. The van der Waals surface area contributed by atoms with Gasteiger partial charge in [-0.1, -0.05) is 29.3 Å². The third-order valence-electron chi connectivity index (χ3n) is 6.47. The van der Waals surface area contributed by atoms with E-state index >= 15 is 0 Å². The van der Waals surface area contributed by atoms with Gasteiger partial charge in [0.15, 0.2) is 6.61 Å². The molecule has 2 heterocycles. The number of carbonyl (C=O) groups excluding carboxylic acids is 2. The van der Waals surface area contributed by atoms with Crippen molar-refractivity contribution < 1.29 is 23.8 Å². The van der Waals surface area contributed by atoms with Gasteiger partial charge >= 0.3 is 0 Å². The Hall–Kier alpha value is -2.65. The molecule has 2 aromatic carbocycles. The van der Waals surface area contributed by atoms with Crippen molar-refractivity contribution in [2.45, 2.75) is 13.0 Å². The molecule has 9 heteroatoms. The summed E-state index contributed by atoms with van der Waals surface area (Å²) in [4.78, 5) is 32.1. The lowest BCUT2D eigenvalue weighted by atomic mass is 10.1. The molecule has 4 rings (SSSR count). The minimum atomic E-state index is -0.266. The number of aryl methyl sites for hydroxylation is 1. The lowest BCUT2D eigenvalue weighted by molar-refractivity contribution is -0.141. The molecule has 2 aliphatic heterocycles. The van der Waals surface area contributed by atoms with Crippen LogP contribution in [0.4, 0.5) is 0 Å². The van der Waals surface area contributed by atoms with Gasteiger partial charge in [0.05, 0.1) is 25.9 Å². The number of morpholine rings is 2. The Morgan fingerprint density at radius 2 is 1.75 bits per heavy atom.